The number of hydrogen-bond donors (Lipinski definition) is 2. The van der Waals surface area contributed by atoms with Crippen LogP contribution in [0.5, 0.6) is 0 Å². The highest BCUT2D eigenvalue weighted by Crippen LogP contribution is 2.43. The SMILES string of the molecule is CC(=O)Nc1cc(-c2ccccc2)c(-c2ccc(C3(N)CC3)cc2)nn1.CCOC.CN(C=O)C1CCCCC1. The number of rotatable bonds is 7. The number of nitrogens with two attached hydrogens (primary N) is 1. The minimum absolute atomic E-state index is 0.151. The second-order valence-electron chi connectivity index (χ2n) is 10.4. The number of nitrogens with zero attached hydrogens (tertiary/aromatic N) is 3. The Morgan fingerprint density at radius 2 is 1.68 bits per heavy atom. The number of methoxy groups -OCH3 is 1. The predicted molar refractivity (Wildman–Crippen MR) is 161 cm³/mol. The van der Waals surface area contributed by atoms with Crippen LogP contribution in [0.4, 0.5) is 5.82 Å². The Morgan fingerprint density at radius 1 is 1.05 bits per heavy atom. The summed E-state index contributed by atoms with van der Waals surface area (Å²) in [6, 6.07) is 20.6. The van der Waals surface area contributed by atoms with Gasteiger partial charge in [0.15, 0.2) is 5.82 Å². The summed E-state index contributed by atoms with van der Waals surface area (Å²) < 4.78 is 4.54. The van der Waals surface area contributed by atoms with Crippen molar-refractivity contribution in [2.75, 3.05) is 26.1 Å². The normalized spacial score (nSPS) is 15.4. The maximum Gasteiger partial charge on any atom is 0.222 e. The van der Waals surface area contributed by atoms with Gasteiger partial charge in [-0.15, -0.1) is 10.2 Å². The van der Waals surface area contributed by atoms with Gasteiger partial charge in [-0.1, -0.05) is 73.9 Å². The molecule has 8 nitrogen and oxygen atoms in total. The Balaban J connectivity index is 0.000000261. The van der Waals surface area contributed by atoms with Gasteiger partial charge in [-0.05, 0) is 49.8 Å². The van der Waals surface area contributed by atoms with Crippen LogP contribution in [0.2, 0.25) is 0 Å². The molecule has 8 heteroatoms. The fourth-order valence-electron chi connectivity index (χ4n) is 4.64. The minimum atomic E-state index is -0.173. The molecule has 214 valence electrons. The lowest BCUT2D eigenvalue weighted by molar-refractivity contribution is -0.119. The van der Waals surface area contributed by atoms with Gasteiger partial charge in [0.05, 0.1) is 0 Å². The second kappa shape index (κ2) is 15.2. The van der Waals surface area contributed by atoms with Crippen molar-refractivity contribution in [3.63, 3.8) is 0 Å². The number of hydrogen-bond acceptors (Lipinski definition) is 6. The van der Waals surface area contributed by atoms with Gasteiger partial charge in [-0.25, -0.2) is 0 Å². The number of nitrogens with one attached hydrogen (secondary N) is 1. The average molecular weight is 546 g/mol. The highest BCUT2D eigenvalue weighted by Gasteiger charge is 2.39. The molecule has 40 heavy (non-hydrogen) atoms. The van der Waals surface area contributed by atoms with E-state index in [0.717, 1.165) is 53.8 Å². The average Bonchev–Trinajstić information content (AvgIpc) is 3.76. The first kappa shape index (κ1) is 30.9. The monoisotopic (exact) mass is 545 g/mol. The smallest absolute Gasteiger partial charge is 0.222 e. The molecule has 2 fully saturated rings. The lowest BCUT2D eigenvalue weighted by atomic mass is 9.95. The first-order chi connectivity index (χ1) is 19.3. The zero-order chi connectivity index (χ0) is 29.0. The van der Waals surface area contributed by atoms with Gasteiger partial charge in [0, 0.05) is 50.4 Å². The van der Waals surface area contributed by atoms with Crippen molar-refractivity contribution in [1.82, 2.24) is 15.1 Å². The summed E-state index contributed by atoms with van der Waals surface area (Å²) >= 11 is 0. The van der Waals surface area contributed by atoms with E-state index in [4.69, 9.17) is 5.73 Å². The topological polar surface area (TPSA) is 110 Å². The molecular weight excluding hydrogens is 502 g/mol. The fourth-order valence-corrected chi connectivity index (χ4v) is 4.64. The molecule has 2 amide bonds. The van der Waals surface area contributed by atoms with Crippen molar-refractivity contribution in [3.05, 3.63) is 66.2 Å². The van der Waals surface area contributed by atoms with Crippen LogP contribution in [0.1, 0.15) is 64.4 Å². The van der Waals surface area contributed by atoms with Gasteiger partial charge in [0.2, 0.25) is 12.3 Å². The summed E-state index contributed by atoms with van der Waals surface area (Å²) in [5.41, 5.74) is 11.0. The Morgan fingerprint density at radius 3 is 2.20 bits per heavy atom. The van der Waals surface area contributed by atoms with Crippen LogP contribution in [0.3, 0.4) is 0 Å². The van der Waals surface area contributed by atoms with Crippen LogP contribution < -0.4 is 11.1 Å². The van der Waals surface area contributed by atoms with E-state index in [1.54, 1.807) is 12.0 Å². The van der Waals surface area contributed by atoms with Crippen LogP contribution in [0.15, 0.2) is 60.7 Å². The second-order valence-corrected chi connectivity index (χ2v) is 10.4. The third-order valence-corrected chi connectivity index (χ3v) is 7.31. The zero-order valence-electron chi connectivity index (χ0n) is 24.2. The van der Waals surface area contributed by atoms with Gasteiger partial charge in [-0.2, -0.15) is 0 Å². The van der Waals surface area contributed by atoms with E-state index in [-0.39, 0.29) is 11.4 Å². The predicted octanol–water partition coefficient (Wildman–Crippen LogP) is 5.78. The lowest BCUT2D eigenvalue weighted by Crippen LogP contribution is -2.31. The van der Waals surface area contributed by atoms with Crippen LogP contribution >= 0.6 is 0 Å². The summed E-state index contributed by atoms with van der Waals surface area (Å²) in [6.45, 7) is 4.23. The number of amides is 2. The minimum Gasteiger partial charge on any atom is -0.385 e. The van der Waals surface area contributed by atoms with Crippen molar-refractivity contribution >= 4 is 18.1 Å². The van der Waals surface area contributed by atoms with Crippen LogP contribution in [0, 0.1) is 0 Å². The van der Waals surface area contributed by atoms with Gasteiger partial charge >= 0.3 is 0 Å². The number of benzene rings is 2. The quantitative estimate of drug-likeness (QED) is 0.364. The van der Waals surface area contributed by atoms with E-state index >= 15 is 0 Å². The summed E-state index contributed by atoms with van der Waals surface area (Å²) in [7, 11) is 3.56. The van der Waals surface area contributed by atoms with Crippen LogP contribution in [-0.2, 0) is 19.9 Å². The maximum absolute atomic E-state index is 11.4. The van der Waals surface area contributed by atoms with Gasteiger partial charge in [0.1, 0.15) is 5.69 Å². The molecule has 0 aliphatic heterocycles. The molecule has 2 aromatic carbocycles. The largest absolute Gasteiger partial charge is 0.385 e. The number of ether oxygens (including phenoxy) is 1. The Labute approximate surface area is 238 Å². The summed E-state index contributed by atoms with van der Waals surface area (Å²) in [5, 5.41) is 11.2. The summed E-state index contributed by atoms with van der Waals surface area (Å²) in [6.07, 6.45) is 9.36. The van der Waals surface area contributed by atoms with Crippen molar-refractivity contribution in [2.45, 2.75) is 70.4 Å². The van der Waals surface area contributed by atoms with E-state index in [1.807, 2.05) is 62.5 Å². The third-order valence-electron chi connectivity index (χ3n) is 7.31. The van der Waals surface area contributed by atoms with E-state index < -0.39 is 0 Å². The zero-order valence-corrected chi connectivity index (χ0v) is 24.2. The standard InChI is InChI=1S/C21H20N4O.C8H15NO.C3H8O/c1-14(26)23-19-13-18(15-5-3-2-4-6-15)20(25-24-19)16-7-9-17(10-8-16)21(22)11-12-21;1-9(7-10)8-5-3-2-4-6-8;1-3-4-2/h2-10,13H,11-12,22H2,1H3,(H,23,24,26);7-8H,2-6H2,1H3;3H2,1-2H3. The molecule has 5 rings (SSSR count). The molecule has 0 spiro atoms. The van der Waals surface area contributed by atoms with E-state index in [1.165, 1.54) is 39.0 Å². The lowest BCUT2D eigenvalue weighted by Gasteiger charge is -2.27. The number of carbonyl (C=O) groups excluding carboxylic acids is 2. The maximum atomic E-state index is 11.4. The number of aromatic nitrogens is 2. The van der Waals surface area contributed by atoms with E-state index in [0.29, 0.717) is 11.9 Å². The summed E-state index contributed by atoms with van der Waals surface area (Å²) in [5.74, 6) is 0.267. The fraction of sp³-hybridized carbons (Fsp3) is 0.438. The molecule has 2 aliphatic rings. The van der Waals surface area contributed by atoms with Crippen molar-refractivity contribution in [2.24, 2.45) is 5.73 Å². The molecule has 3 N–H and O–H groups in total. The first-order valence-electron chi connectivity index (χ1n) is 14.1. The van der Waals surface area contributed by atoms with Crippen molar-refractivity contribution in [1.29, 1.82) is 0 Å². The number of carbonyl (C=O) groups is 2. The van der Waals surface area contributed by atoms with Crippen LogP contribution in [-0.4, -0.2) is 54.2 Å². The molecule has 0 radical (unpaired) electrons. The molecule has 0 atom stereocenters. The van der Waals surface area contributed by atoms with E-state index in [2.05, 4.69) is 32.4 Å². The third kappa shape index (κ3) is 8.96. The summed E-state index contributed by atoms with van der Waals surface area (Å²) in [4.78, 5) is 23.5. The molecule has 0 unspecified atom stereocenters. The Bertz CT molecular complexity index is 1200. The van der Waals surface area contributed by atoms with Crippen molar-refractivity contribution in [3.8, 4) is 22.4 Å². The Hall–Kier alpha value is -3.62. The number of anilines is 1. The molecule has 0 saturated heterocycles. The molecule has 2 saturated carbocycles. The van der Waals surface area contributed by atoms with E-state index in [9.17, 15) is 9.59 Å². The molecule has 0 bridgehead atoms. The van der Waals surface area contributed by atoms with Crippen LogP contribution in [0.25, 0.3) is 22.4 Å². The highest BCUT2D eigenvalue weighted by molar-refractivity contribution is 5.90. The van der Waals surface area contributed by atoms with Gasteiger partial charge in [-0.3, -0.25) is 9.59 Å². The van der Waals surface area contributed by atoms with Gasteiger partial charge in [0.25, 0.3) is 0 Å². The molecular formula is C32H43N5O3. The molecule has 1 aromatic heterocycles. The van der Waals surface area contributed by atoms with Crippen molar-refractivity contribution < 1.29 is 14.3 Å². The highest BCUT2D eigenvalue weighted by atomic mass is 16.5. The first-order valence-corrected chi connectivity index (χ1v) is 14.1. The molecule has 1 heterocycles. The molecule has 3 aromatic rings. The molecule has 2 aliphatic carbocycles. The Kier molecular flexibility index (Phi) is 11.8. The van der Waals surface area contributed by atoms with Gasteiger partial charge < -0.3 is 20.7 Å².